The zero-order valence-electron chi connectivity index (χ0n) is 13.9. The number of nitrogens with one attached hydrogen (secondary N) is 1. The van der Waals surface area contributed by atoms with Crippen LogP contribution in [0.15, 0.2) is 28.8 Å². The molecule has 0 aliphatic heterocycles. The highest BCUT2D eigenvalue weighted by Crippen LogP contribution is 2.20. The number of aromatic nitrogens is 1. The average Bonchev–Trinajstić information content (AvgIpc) is 2.87. The number of ether oxygens (including phenoxy) is 1. The zero-order chi connectivity index (χ0) is 17.5. The normalized spacial score (nSPS) is 10.5. The molecule has 0 aliphatic carbocycles. The number of rotatable bonds is 7. The van der Waals surface area contributed by atoms with E-state index in [1.807, 2.05) is 13.8 Å². The van der Waals surface area contributed by atoms with Crippen molar-refractivity contribution in [1.82, 2.24) is 5.16 Å². The van der Waals surface area contributed by atoms with Crippen LogP contribution in [0.5, 0.6) is 0 Å². The van der Waals surface area contributed by atoms with E-state index in [9.17, 15) is 9.59 Å². The maximum atomic E-state index is 12.1. The second-order valence-corrected chi connectivity index (χ2v) is 6.10. The predicted molar refractivity (Wildman–Crippen MR) is 93.2 cm³/mol. The topological polar surface area (TPSA) is 81.4 Å². The summed E-state index contributed by atoms with van der Waals surface area (Å²) in [6, 6.07) is 6.80. The Hall–Kier alpha value is -2.28. The van der Waals surface area contributed by atoms with Gasteiger partial charge in [-0.05, 0) is 32.9 Å². The second kappa shape index (κ2) is 8.54. The number of thioether (sulfide) groups is 1. The molecule has 1 heterocycles. The van der Waals surface area contributed by atoms with Crippen LogP contribution in [0, 0.1) is 13.8 Å². The van der Waals surface area contributed by atoms with Crippen molar-refractivity contribution < 1.29 is 18.8 Å². The third-order valence-electron chi connectivity index (χ3n) is 3.36. The number of para-hydroxylation sites is 1. The van der Waals surface area contributed by atoms with Crippen molar-refractivity contribution in [1.29, 1.82) is 0 Å². The maximum absolute atomic E-state index is 12.1. The molecular weight excluding hydrogens is 328 g/mol. The van der Waals surface area contributed by atoms with Gasteiger partial charge in [-0.1, -0.05) is 17.3 Å². The number of esters is 1. The lowest BCUT2D eigenvalue weighted by molar-refractivity contribution is -0.113. The molecule has 0 unspecified atom stereocenters. The lowest BCUT2D eigenvalue weighted by Gasteiger charge is -2.10. The Morgan fingerprint density at radius 3 is 2.71 bits per heavy atom. The Kier molecular flexibility index (Phi) is 6.43. The van der Waals surface area contributed by atoms with E-state index >= 15 is 0 Å². The van der Waals surface area contributed by atoms with Crippen LogP contribution in [-0.2, 0) is 15.3 Å². The van der Waals surface area contributed by atoms with Crippen LogP contribution >= 0.6 is 11.8 Å². The largest absolute Gasteiger partial charge is 0.462 e. The van der Waals surface area contributed by atoms with E-state index in [0.29, 0.717) is 17.0 Å². The van der Waals surface area contributed by atoms with Crippen LogP contribution in [0.2, 0.25) is 0 Å². The van der Waals surface area contributed by atoms with Crippen LogP contribution in [0.3, 0.4) is 0 Å². The Balaban J connectivity index is 1.92. The van der Waals surface area contributed by atoms with Gasteiger partial charge in [-0.2, -0.15) is 0 Å². The first-order valence-corrected chi connectivity index (χ1v) is 8.73. The Bertz CT molecular complexity index is 708. The van der Waals surface area contributed by atoms with Crippen molar-refractivity contribution in [3.05, 3.63) is 46.8 Å². The molecule has 0 bridgehead atoms. The van der Waals surface area contributed by atoms with E-state index in [-0.39, 0.29) is 18.3 Å². The molecule has 0 saturated carbocycles. The molecule has 0 saturated heterocycles. The van der Waals surface area contributed by atoms with Crippen molar-refractivity contribution in [3.8, 4) is 0 Å². The van der Waals surface area contributed by atoms with Crippen molar-refractivity contribution >= 4 is 29.3 Å². The minimum atomic E-state index is -0.447. The van der Waals surface area contributed by atoms with Crippen molar-refractivity contribution in [2.75, 3.05) is 17.7 Å². The molecule has 6 nitrogen and oxygen atoms in total. The van der Waals surface area contributed by atoms with Crippen LogP contribution < -0.4 is 5.32 Å². The molecule has 0 radical (unpaired) electrons. The highest BCUT2D eigenvalue weighted by molar-refractivity contribution is 7.99. The first-order valence-electron chi connectivity index (χ1n) is 7.58. The Labute approximate surface area is 144 Å². The Morgan fingerprint density at radius 2 is 2.04 bits per heavy atom. The van der Waals surface area contributed by atoms with Gasteiger partial charge in [-0.3, -0.25) is 4.79 Å². The van der Waals surface area contributed by atoms with Gasteiger partial charge in [0.25, 0.3) is 0 Å². The maximum Gasteiger partial charge on any atom is 0.340 e. The minimum absolute atomic E-state index is 0.177. The number of hydrogen-bond acceptors (Lipinski definition) is 6. The van der Waals surface area contributed by atoms with Gasteiger partial charge in [-0.25, -0.2) is 4.79 Å². The molecule has 7 heteroatoms. The lowest BCUT2D eigenvalue weighted by atomic mass is 10.2. The summed E-state index contributed by atoms with van der Waals surface area (Å²) in [5, 5.41) is 6.65. The molecule has 0 aliphatic rings. The molecule has 0 fully saturated rings. The van der Waals surface area contributed by atoms with E-state index in [0.717, 1.165) is 17.0 Å². The number of anilines is 1. The number of carbonyl (C=O) groups is 2. The monoisotopic (exact) mass is 348 g/mol. The summed E-state index contributed by atoms with van der Waals surface area (Å²) in [6.07, 6.45) is 0. The first kappa shape index (κ1) is 18.1. The van der Waals surface area contributed by atoms with Crippen molar-refractivity contribution in [2.45, 2.75) is 26.5 Å². The molecule has 128 valence electrons. The molecule has 1 N–H and O–H groups in total. The fraction of sp³-hybridized carbons (Fsp3) is 0.353. The fourth-order valence-corrected chi connectivity index (χ4v) is 3.09. The van der Waals surface area contributed by atoms with Crippen LogP contribution in [0.1, 0.15) is 34.3 Å². The number of aryl methyl sites for hydroxylation is 2. The average molecular weight is 348 g/mol. The molecule has 0 spiro atoms. The Morgan fingerprint density at radius 1 is 1.29 bits per heavy atom. The summed E-state index contributed by atoms with van der Waals surface area (Å²) in [5.74, 6) is 1.06. The van der Waals surface area contributed by atoms with Gasteiger partial charge in [0.1, 0.15) is 5.76 Å². The quantitative estimate of drug-likeness (QED) is 0.773. The number of amides is 1. The van der Waals surface area contributed by atoms with Crippen LogP contribution in [0.4, 0.5) is 5.69 Å². The molecular formula is C17H20N2O4S. The van der Waals surface area contributed by atoms with E-state index in [1.54, 1.807) is 31.2 Å². The van der Waals surface area contributed by atoms with Gasteiger partial charge in [0.05, 0.1) is 29.3 Å². The molecule has 1 aromatic carbocycles. The number of nitrogens with zero attached hydrogens (tertiary/aromatic N) is 1. The number of hydrogen-bond donors (Lipinski definition) is 1. The van der Waals surface area contributed by atoms with E-state index in [4.69, 9.17) is 9.26 Å². The lowest BCUT2D eigenvalue weighted by Crippen LogP contribution is -2.17. The van der Waals surface area contributed by atoms with Gasteiger partial charge >= 0.3 is 5.97 Å². The molecule has 2 rings (SSSR count). The summed E-state index contributed by atoms with van der Waals surface area (Å²) in [7, 11) is 0. The molecule has 1 amide bonds. The number of benzene rings is 1. The zero-order valence-corrected chi connectivity index (χ0v) is 14.7. The third kappa shape index (κ3) is 4.61. The van der Waals surface area contributed by atoms with Gasteiger partial charge in [0.15, 0.2) is 0 Å². The van der Waals surface area contributed by atoms with Gasteiger partial charge in [0.2, 0.25) is 5.91 Å². The van der Waals surface area contributed by atoms with Gasteiger partial charge in [-0.15, -0.1) is 11.8 Å². The summed E-state index contributed by atoms with van der Waals surface area (Å²) in [6.45, 7) is 5.76. The molecule has 24 heavy (non-hydrogen) atoms. The highest BCUT2D eigenvalue weighted by atomic mass is 32.2. The predicted octanol–water partition coefficient (Wildman–Crippen LogP) is 3.34. The highest BCUT2D eigenvalue weighted by Gasteiger charge is 2.14. The van der Waals surface area contributed by atoms with Gasteiger partial charge < -0.3 is 14.6 Å². The minimum Gasteiger partial charge on any atom is -0.462 e. The van der Waals surface area contributed by atoms with Gasteiger partial charge in [0, 0.05) is 11.3 Å². The van der Waals surface area contributed by atoms with Crippen molar-refractivity contribution in [2.24, 2.45) is 0 Å². The van der Waals surface area contributed by atoms with E-state index < -0.39 is 5.97 Å². The van der Waals surface area contributed by atoms with E-state index in [2.05, 4.69) is 10.5 Å². The summed E-state index contributed by atoms with van der Waals surface area (Å²) >= 11 is 1.46. The number of carbonyl (C=O) groups excluding carboxylic acids is 2. The molecule has 1 aromatic heterocycles. The summed E-state index contributed by atoms with van der Waals surface area (Å²) in [4.78, 5) is 24.0. The van der Waals surface area contributed by atoms with Crippen LogP contribution in [0.25, 0.3) is 0 Å². The molecule has 0 atom stereocenters. The first-order chi connectivity index (χ1) is 11.5. The second-order valence-electron chi connectivity index (χ2n) is 5.11. The smallest absolute Gasteiger partial charge is 0.340 e. The van der Waals surface area contributed by atoms with E-state index in [1.165, 1.54) is 11.8 Å². The standard InChI is InChI=1S/C17H20N2O4S/c1-4-22-17(21)13-7-5-6-8-15(13)18-16(20)10-24-9-14-11(2)19-23-12(14)3/h5-8H,4,9-10H2,1-3H3,(H,18,20). The third-order valence-corrected chi connectivity index (χ3v) is 4.32. The van der Waals surface area contributed by atoms with Crippen LogP contribution in [-0.4, -0.2) is 29.4 Å². The SMILES string of the molecule is CCOC(=O)c1ccccc1NC(=O)CSCc1c(C)noc1C. The van der Waals surface area contributed by atoms with Crippen molar-refractivity contribution in [3.63, 3.8) is 0 Å². The molecule has 2 aromatic rings. The summed E-state index contributed by atoms with van der Waals surface area (Å²) in [5.41, 5.74) is 2.66. The fourth-order valence-electron chi connectivity index (χ4n) is 2.12. The summed E-state index contributed by atoms with van der Waals surface area (Å²) < 4.78 is 10.1.